The monoisotopic (exact) mass is 933 g/mol. The smallest absolute Gasteiger partial charge is 0.143 e. The van der Waals surface area contributed by atoms with E-state index in [-0.39, 0.29) is 0 Å². The summed E-state index contributed by atoms with van der Waals surface area (Å²) in [5.74, 6) is 0. The maximum absolute atomic E-state index is 7.10. The lowest BCUT2D eigenvalue weighted by Crippen LogP contribution is -2.53. The third kappa shape index (κ3) is 6.85. The Morgan fingerprint density at radius 3 is 0.627 bits per heavy atom. The molecular weight excluding hydrogens is 871 g/mol. The Balaban J connectivity index is 1.55. The number of benzene rings is 9. The van der Waals surface area contributed by atoms with Crippen LogP contribution in [0.15, 0.2) is 4.42 Å². The van der Waals surface area contributed by atoms with Gasteiger partial charge in [-0.25, -0.2) is 0 Å². The van der Waals surface area contributed by atoms with Gasteiger partial charge in [-0.15, -0.1) is 54.6 Å². The van der Waals surface area contributed by atoms with Crippen molar-refractivity contribution < 1.29 is 4.42 Å². The zero-order valence-corrected chi connectivity index (χ0v) is 51.4. The molecule has 0 saturated heterocycles. The second-order valence-corrected chi connectivity index (χ2v) is 24.3. The minimum atomic E-state index is 1.03. The maximum atomic E-state index is 7.10. The largest absolute Gasteiger partial charge is 0.457 e. The second-order valence-electron chi connectivity index (χ2n) is 24.3. The molecule has 330 valence electrons. The fourth-order valence-corrected chi connectivity index (χ4v) is 14.9. The van der Waals surface area contributed by atoms with E-state index in [0.29, 0.717) is 0 Å². The standard InChI is InChI=1S/C46H56B28O/c47-17-13(30(60)43(73)45-15(17)16-31(61)41(71)42(72)44(74)46(16)75-45)2-6-3(20(50)33(63)35(65)22(6)52)1(4-7(2)23(53)36(66)34(64)21(4)51)5-8-10(26(56)38(68)37(67)25(8)55)9(19(49)18(5)48)11-12-14(28(58)32(62)24(11)54)29(59)40(70)39(69)27(12)57/h47-74H2. The van der Waals surface area contributed by atoms with Gasteiger partial charge in [0.2, 0.25) is 0 Å². The van der Waals surface area contributed by atoms with Crippen LogP contribution in [-0.2, 0) is 0 Å². The third-order valence-electron chi connectivity index (χ3n) is 21.8. The summed E-state index contributed by atoms with van der Waals surface area (Å²) in [6, 6.07) is 0. The van der Waals surface area contributed by atoms with Gasteiger partial charge in [0.05, 0.1) is 0 Å². The van der Waals surface area contributed by atoms with Crippen LogP contribution in [-0.4, -0.2) is 220 Å². The molecule has 10 rings (SSSR count). The van der Waals surface area contributed by atoms with E-state index in [2.05, 4.69) is 220 Å². The van der Waals surface area contributed by atoms with Crippen LogP contribution in [0.1, 0.15) is 0 Å². The number of furan rings is 1. The molecule has 0 bridgehead atoms. The van der Waals surface area contributed by atoms with Gasteiger partial charge in [0.25, 0.3) is 0 Å². The summed E-state index contributed by atoms with van der Waals surface area (Å²) in [7, 11) is 66.6. The van der Waals surface area contributed by atoms with Gasteiger partial charge in [-0.05, 0) is 76.5 Å². The van der Waals surface area contributed by atoms with Crippen molar-refractivity contribution in [3.8, 4) is 33.4 Å². The summed E-state index contributed by atoms with van der Waals surface area (Å²) in [5.41, 5.74) is 48.7. The minimum Gasteiger partial charge on any atom is -0.457 e. The molecule has 1 aromatic heterocycles. The molecule has 0 fully saturated rings. The van der Waals surface area contributed by atoms with Gasteiger partial charge in [0, 0.05) is 10.8 Å². The molecule has 29 heteroatoms. The Hall–Kier alpha value is -4.36. The van der Waals surface area contributed by atoms with Crippen molar-refractivity contribution in [3.63, 3.8) is 0 Å². The molecule has 0 unspecified atom stereocenters. The SMILES string of the molecule is Bc1c(B)c(B)c2c(oc3c(B)c(B)c(-c4c5c(B)c(B)c(B)c(B)c5c(-c5c(B)c(B)c(-c6c(B)c(B)c(B)c7c(B)c(B)c(B)c(B)c67)c6c(B)c(B)c(B)c(B)c56)c5c(B)c(B)c(B)c(B)c45)c(B)c32)c1B. The van der Waals surface area contributed by atoms with E-state index in [4.69, 9.17) is 4.42 Å². The van der Waals surface area contributed by atoms with Gasteiger partial charge < -0.3 is 4.42 Å². The Morgan fingerprint density at radius 1 is 0.120 bits per heavy atom. The van der Waals surface area contributed by atoms with Crippen LogP contribution in [0.25, 0.3) is 98.4 Å². The zero-order valence-electron chi connectivity index (χ0n) is 51.4. The summed E-state index contributed by atoms with van der Waals surface area (Å²) in [6.07, 6.45) is 0. The van der Waals surface area contributed by atoms with Crippen LogP contribution in [0.4, 0.5) is 0 Å². The summed E-state index contributed by atoms with van der Waals surface area (Å²) < 4.78 is 7.10. The fourth-order valence-electron chi connectivity index (χ4n) is 14.9. The highest BCUT2D eigenvalue weighted by Gasteiger charge is 2.33. The Kier molecular flexibility index (Phi) is 13.0. The van der Waals surface area contributed by atoms with Gasteiger partial charge >= 0.3 is 0 Å². The first kappa shape index (κ1) is 54.0. The Morgan fingerprint density at radius 2 is 0.293 bits per heavy atom. The molecule has 0 aliphatic heterocycles. The normalized spacial score (nSPS) is 11.9. The van der Waals surface area contributed by atoms with Crippen molar-refractivity contribution in [1.82, 2.24) is 0 Å². The highest BCUT2D eigenvalue weighted by atomic mass is 16.3. The molecule has 0 spiro atoms. The van der Waals surface area contributed by atoms with Crippen LogP contribution in [0, 0.1) is 0 Å². The van der Waals surface area contributed by atoms with Crippen molar-refractivity contribution in [1.29, 1.82) is 0 Å². The van der Waals surface area contributed by atoms with Crippen molar-refractivity contribution in [2.24, 2.45) is 0 Å². The lowest BCUT2D eigenvalue weighted by Gasteiger charge is -2.33. The van der Waals surface area contributed by atoms with Crippen LogP contribution in [0.5, 0.6) is 0 Å². The molecule has 75 heavy (non-hydrogen) atoms. The molecule has 0 radical (unpaired) electrons. The van der Waals surface area contributed by atoms with Gasteiger partial charge in [0.1, 0.15) is 231 Å². The van der Waals surface area contributed by atoms with Gasteiger partial charge in [-0.1, -0.05) is 98.3 Å². The molecule has 9 aromatic carbocycles. The molecule has 0 N–H and O–H groups in total. The molecular formula is C46H56B28O. The summed E-state index contributed by atoms with van der Waals surface area (Å²) in [5, 5.41) is 13.8. The van der Waals surface area contributed by atoms with Crippen molar-refractivity contribution in [2.75, 3.05) is 0 Å². The van der Waals surface area contributed by atoms with E-state index < -0.39 is 0 Å². The van der Waals surface area contributed by atoms with Crippen LogP contribution >= 0.6 is 0 Å². The van der Waals surface area contributed by atoms with Gasteiger partial charge in [-0.3, -0.25) is 0 Å². The van der Waals surface area contributed by atoms with Crippen molar-refractivity contribution in [2.45, 2.75) is 0 Å². The lowest BCUT2D eigenvalue weighted by atomic mass is 9.55. The van der Waals surface area contributed by atoms with Crippen molar-refractivity contribution >= 4 is 438 Å². The van der Waals surface area contributed by atoms with Crippen LogP contribution in [0.3, 0.4) is 0 Å². The summed E-state index contributed by atoms with van der Waals surface area (Å²) in [4.78, 5) is 0. The van der Waals surface area contributed by atoms with E-state index in [1.54, 1.807) is 0 Å². The molecule has 10 aromatic rings. The number of rotatable bonds is 3. The lowest BCUT2D eigenvalue weighted by molar-refractivity contribution is 0.675. The third-order valence-corrected chi connectivity index (χ3v) is 21.8. The van der Waals surface area contributed by atoms with Gasteiger partial charge in [0.15, 0.2) is 0 Å². The summed E-state index contributed by atoms with van der Waals surface area (Å²) in [6.45, 7) is 0. The van der Waals surface area contributed by atoms with Crippen LogP contribution < -0.4 is 153 Å². The summed E-state index contributed by atoms with van der Waals surface area (Å²) >= 11 is 0. The first-order valence-electron chi connectivity index (χ1n) is 27.9. The predicted molar refractivity (Wildman–Crippen MR) is 429 cm³/mol. The molecule has 0 atom stereocenters. The molecule has 0 saturated carbocycles. The second kappa shape index (κ2) is 18.1. The van der Waals surface area contributed by atoms with E-state index in [1.807, 2.05) is 0 Å². The molecule has 0 amide bonds. The zero-order chi connectivity index (χ0) is 55.3. The average Bonchev–Trinajstić information content (AvgIpc) is 3.84. The number of hydrogen-bond donors (Lipinski definition) is 0. The van der Waals surface area contributed by atoms with Gasteiger partial charge in [-0.2, -0.15) is 0 Å². The van der Waals surface area contributed by atoms with E-state index >= 15 is 0 Å². The van der Waals surface area contributed by atoms with E-state index in [9.17, 15) is 0 Å². The van der Waals surface area contributed by atoms with E-state index in [0.717, 1.165) is 11.2 Å². The Labute approximate surface area is 472 Å². The van der Waals surface area contributed by atoms with Crippen molar-refractivity contribution in [3.05, 3.63) is 0 Å². The molecule has 0 aliphatic carbocycles. The molecule has 0 aliphatic rings. The quantitative estimate of drug-likeness (QED) is 0.127. The maximum Gasteiger partial charge on any atom is 0.143 e. The molecule has 1 heterocycles. The van der Waals surface area contributed by atoms with Crippen LogP contribution in [0.2, 0.25) is 0 Å². The minimum absolute atomic E-state index is 1.03. The Bertz CT molecular complexity index is 4350. The molecule has 1 nitrogen and oxygen atoms in total. The average molecular weight is 928 g/mol. The fraction of sp³-hybridized carbons (Fsp3) is 0. The highest BCUT2D eigenvalue weighted by Crippen LogP contribution is 2.42. The number of hydrogen-bond acceptors (Lipinski definition) is 1. The highest BCUT2D eigenvalue weighted by molar-refractivity contribution is 6.78. The first-order chi connectivity index (χ1) is 35.0. The topological polar surface area (TPSA) is 13.1 Å². The first-order valence-corrected chi connectivity index (χ1v) is 27.9. The predicted octanol–water partition coefficient (Wildman–Crippen LogP) is -35.6. The number of fused-ring (bicyclic) bond motifs is 7. The van der Waals surface area contributed by atoms with E-state index in [1.165, 1.54) is 240 Å².